The zero-order valence-electron chi connectivity index (χ0n) is 10.1. The predicted octanol–water partition coefficient (Wildman–Crippen LogP) is 2.80. The van der Waals surface area contributed by atoms with Crippen LogP contribution in [0.3, 0.4) is 0 Å². The monoisotopic (exact) mass is 276 g/mol. The van der Waals surface area contributed by atoms with Crippen LogP contribution >= 0.6 is 11.6 Å². The van der Waals surface area contributed by atoms with Gasteiger partial charge >= 0.3 is 5.97 Å². The number of nitrogens with two attached hydrogens (primary N) is 2. The van der Waals surface area contributed by atoms with Crippen LogP contribution in [0, 0.1) is 0 Å². The molecule has 0 heterocycles. The van der Waals surface area contributed by atoms with Crippen LogP contribution in [0.4, 0.5) is 11.4 Å². The highest BCUT2D eigenvalue weighted by Gasteiger charge is 2.15. The van der Waals surface area contributed by atoms with Crippen molar-refractivity contribution in [3.63, 3.8) is 0 Å². The minimum absolute atomic E-state index is 0.149. The molecule has 0 aliphatic heterocycles. The molecule has 19 heavy (non-hydrogen) atoms. The first-order valence-electron chi connectivity index (χ1n) is 5.64. The number of hydrogen-bond donors (Lipinski definition) is 3. The lowest BCUT2D eigenvalue weighted by atomic mass is 9.97. The number of nitrogen functional groups attached to an aromatic ring is 2. The number of aliphatic carboxylic acids is 1. The van der Waals surface area contributed by atoms with Crippen molar-refractivity contribution < 1.29 is 9.90 Å². The summed E-state index contributed by atoms with van der Waals surface area (Å²) < 4.78 is 0. The summed E-state index contributed by atoms with van der Waals surface area (Å²) in [4.78, 5) is 10.8. The zero-order valence-corrected chi connectivity index (χ0v) is 10.8. The quantitative estimate of drug-likeness (QED) is 0.752. The molecule has 0 bridgehead atoms. The van der Waals surface area contributed by atoms with Crippen LogP contribution < -0.4 is 11.5 Å². The van der Waals surface area contributed by atoms with Gasteiger partial charge in [0, 0.05) is 27.5 Å². The fourth-order valence-electron chi connectivity index (χ4n) is 1.96. The standard InChI is InChI=1S/C14H13ClN2O2/c15-10-4-2-1-3-9(10)13-11(16)6-5-8(14(13)17)7-12(18)19/h1-6H,7,16-17H2,(H,18,19). The molecule has 0 radical (unpaired) electrons. The second kappa shape index (κ2) is 5.20. The van der Waals surface area contributed by atoms with Crippen LogP contribution in [-0.4, -0.2) is 11.1 Å². The van der Waals surface area contributed by atoms with E-state index in [9.17, 15) is 4.79 Å². The SMILES string of the molecule is Nc1ccc(CC(=O)O)c(N)c1-c1ccccc1Cl. The smallest absolute Gasteiger partial charge is 0.307 e. The van der Waals surface area contributed by atoms with Gasteiger partial charge in [-0.2, -0.15) is 0 Å². The van der Waals surface area contributed by atoms with E-state index in [1.165, 1.54) is 0 Å². The molecule has 5 N–H and O–H groups in total. The lowest BCUT2D eigenvalue weighted by molar-refractivity contribution is -0.136. The second-order valence-corrected chi connectivity index (χ2v) is 4.56. The van der Waals surface area contributed by atoms with Gasteiger partial charge in [-0.05, 0) is 17.7 Å². The van der Waals surface area contributed by atoms with Crippen LogP contribution in [0.15, 0.2) is 36.4 Å². The Morgan fingerprint density at radius 3 is 2.47 bits per heavy atom. The summed E-state index contributed by atoms with van der Waals surface area (Å²) >= 11 is 6.13. The molecule has 98 valence electrons. The van der Waals surface area contributed by atoms with Gasteiger partial charge in [0.2, 0.25) is 0 Å². The summed E-state index contributed by atoms with van der Waals surface area (Å²) in [5.74, 6) is -0.943. The molecule has 0 saturated carbocycles. The molecule has 0 aliphatic carbocycles. The Bertz CT molecular complexity index is 641. The Kier molecular flexibility index (Phi) is 3.62. The maximum absolute atomic E-state index is 10.8. The summed E-state index contributed by atoms with van der Waals surface area (Å²) in [5, 5.41) is 9.39. The zero-order chi connectivity index (χ0) is 14.0. The van der Waals surface area contributed by atoms with Gasteiger partial charge in [-0.3, -0.25) is 4.79 Å². The van der Waals surface area contributed by atoms with Gasteiger partial charge in [-0.15, -0.1) is 0 Å². The lowest BCUT2D eigenvalue weighted by Gasteiger charge is -2.14. The Morgan fingerprint density at radius 2 is 1.84 bits per heavy atom. The molecular weight excluding hydrogens is 264 g/mol. The third-order valence-corrected chi connectivity index (χ3v) is 3.18. The number of anilines is 2. The molecule has 0 unspecified atom stereocenters. The molecule has 0 aromatic heterocycles. The van der Waals surface area contributed by atoms with Crippen molar-refractivity contribution in [2.45, 2.75) is 6.42 Å². The van der Waals surface area contributed by atoms with Crippen molar-refractivity contribution in [1.29, 1.82) is 0 Å². The lowest BCUT2D eigenvalue weighted by Crippen LogP contribution is -2.06. The largest absolute Gasteiger partial charge is 0.481 e. The molecule has 2 aromatic rings. The first-order valence-corrected chi connectivity index (χ1v) is 6.02. The molecule has 2 aromatic carbocycles. The van der Waals surface area contributed by atoms with E-state index in [4.69, 9.17) is 28.2 Å². The summed E-state index contributed by atoms with van der Waals surface area (Å²) in [6.45, 7) is 0. The Labute approximate surface area is 115 Å². The first kappa shape index (κ1) is 13.2. The summed E-state index contributed by atoms with van der Waals surface area (Å²) in [5.41, 5.74) is 14.6. The fraction of sp³-hybridized carbons (Fsp3) is 0.0714. The number of carbonyl (C=O) groups is 1. The number of carboxylic acids is 1. The highest BCUT2D eigenvalue weighted by atomic mass is 35.5. The number of rotatable bonds is 3. The highest BCUT2D eigenvalue weighted by Crippen LogP contribution is 2.38. The van der Waals surface area contributed by atoms with E-state index in [0.29, 0.717) is 33.1 Å². The van der Waals surface area contributed by atoms with E-state index >= 15 is 0 Å². The van der Waals surface area contributed by atoms with Gasteiger partial charge in [0.25, 0.3) is 0 Å². The van der Waals surface area contributed by atoms with Gasteiger partial charge in [0.05, 0.1) is 6.42 Å². The third-order valence-electron chi connectivity index (χ3n) is 2.85. The van der Waals surface area contributed by atoms with Crippen molar-refractivity contribution >= 4 is 28.9 Å². The van der Waals surface area contributed by atoms with E-state index in [1.807, 2.05) is 6.07 Å². The molecule has 0 fully saturated rings. The molecule has 0 atom stereocenters. The van der Waals surface area contributed by atoms with Gasteiger partial charge < -0.3 is 16.6 Å². The average molecular weight is 277 g/mol. The van der Waals surface area contributed by atoms with Crippen molar-refractivity contribution in [2.75, 3.05) is 11.5 Å². The van der Waals surface area contributed by atoms with Crippen molar-refractivity contribution in [3.05, 3.63) is 47.0 Å². The molecule has 0 spiro atoms. The number of hydrogen-bond acceptors (Lipinski definition) is 3. The topological polar surface area (TPSA) is 89.3 Å². The minimum atomic E-state index is -0.943. The van der Waals surface area contributed by atoms with Crippen LogP contribution in [0.2, 0.25) is 5.02 Å². The van der Waals surface area contributed by atoms with Crippen LogP contribution in [0.25, 0.3) is 11.1 Å². The normalized spacial score (nSPS) is 10.4. The van der Waals surface area contributed by atoms with Crippen LogP contribution in [0.5, 0.6) is 0 Å². The van der Waals surface area contributed by atoms with Gasteiger partial charge in [0.1, 0.15) is 0 Å². The fourth-order valence-corrected chi connectivity index (χ4v) is 2.19. The maximum Gasteiger partial charge on any atom is 0.307 e. The predicted molar refractivity (Wildman–Crippen MR) is 77.1 cm³/mol. The number of carboxylic acid groups (broad SMARTS) is 1. The highest BCUT2D eigenvalue weighted by molar-refractivity contribution is 6.33. The van der Waals surface area contributed by atoms with E-state index in [2.05, 4.69) is 0 Å². The van der Waals surface area contributed by atoms with E-state index in [1.54, 1.807) is 30.3 Å². The summed E-state index contributed by atoms with van der Waals surface area (Å²) in [6.07, 6.45) is -0.149. The number of halogens is 1. The maximum atomic E-state index is 10.8. The average Bonchev–Trinajstić information content (AvgIpc) is 2.35. The van der Waals surface area contributed by atoms with Gasteiger partial charge in [-0.1, -0.05) is 35.9 Å². The Balaban J connectivity index is 2.63. The third kappa shape index (κ3) is 2.63. The van der Waals surface area contributed by atoms with Gasteiger partial charge in [-0.25, -0.2) is 0 Å². The molecule has 5 heteroatoms. The molecule has 2 rings (SSSR count). The van der Waals surface area contributed by atoms with Gasteiger partial charge in [0.15, 0.2) is 0 Å². The van der Waals surface area contributed by atoms with Crippen molar-refractivity contribution in [2.24, 2.45) is 0 Å². The second-order valence-electron chi connectivity index (χ2n) is 4.15. The first-order chi connectivity index (χ1) is 9.00. The molecule has 0 saturated heterocycles. The van der Waals surface area contributed by atoms with Crippen molar-refractivity contribution in [3.8, 4) is 11.1 Å². The number of benzene rings is 2. The minimum Gasteiger partial charge on any atom is -0.481 e. The Hall–Kier alpha value is -2.20. The summed E-state index contributed by atoms with van der Waals surface area (Å²) in [7, 11) is 0. The van der Waals surface area contributed by atoms with E-state index in [-0.39, 0.29) is 6.42 Å². The molecule has 0 amide bonds. The molecule has 0 aliphatic rings. The van der Waals surface area contributed by atoms with Crippen LogP contribution in [0.1, 0.15) is 5.56 Å². The molecule has 4 nitrogen and oxygen atoms in total. The van der Waals surface area contributed by atoms with E-state index < -0.39 is 5.97 Å². The van der Waals surface area contributed by atoms with Crippen molar-refractivity contribution in [1.82, 2.24) is 0 Å². The Morgan fingerprint density at radius 1 is 1.16 bits per heavy atom. The summed E-state index contributed by atoms with van der Waals surface area (Å²) in [6, 6.07) is 10.4. The van der Waals surface area contributed by atoms with Crippen LogP contribution in [-0.2, 0) is 11.2 Å². The van der Waals surface area contributed by atoms with E-state index in [0.717, 1.165) is 0 Å². The molecular formula is C14H13ClN2O2.